The molecule has 0 spiro atoms. The summed E-state index contributed by atoms with van der Waals surface area (Å²) < 4.78 is 4.68. The number of hydrogen-bond acceptors (Lipinski definition) is 2. The van der Waals surface area contributed by atoms with Crippen molar-refractivity contribution < 1.29 is 9.53 Å². The SMILES string of the molecule is [CH2]CNC(=O)CCOC. The van der Waals surface area contributed by atoms with Crippen molar-refractivity contribution in [2.45, 2.75) is 6.42 Å². The van der Waals surface area contributed by atoms with Gasteiger partial charge < -0.3 is 10.1 Å². The van der Waals surface area contributed by atoms with Gasteiger partial charge in [-0.2, -0.15) is 0 Å². The number of carbonyl (C=O) groups excluding carboxylic acids is 1. The molecule has 0 aliphatic rings. The van der Waals surface area contributed by atoms with Crippen LogP contribution in [-0.4, -0.2) is 26.2 Å². The second-order valence-corrected chi connectivity index (χ2v) is 1.59. The first kappa shape index (κ1) is 8.43. The van der Waals surface area contributed by atoms with Crippen molar-refractivity contribution in [2.75, 3.05) is 20.3 Å². The Bertz CT molecular complexity index is 83.1. The van der Waals surface area contributed by atoms with Crippen molar-refractivity contribution in [1.29, 1.82) is 0 Å². The molecule has 3 nitrogen and oxygen atoms in total. The number of methoxy groups -OCH3 is 1. The predicted molar refractivity (Wildman–Crippen MR) is 34.9 cm³/mol. The van der Waals surface area contributed by atoms with Gasteiger partial charge in [-0.25, -0.2) is 0 Å². The Morgan fingerprint density at radius 1 is 1.78 bits per heavy atom. The molecular weight excluding hydrogens is 118 g/mol. The topological polar surface area (TPSA) is 38.3 Å². The van der Waals surface area contributed by atoms with Crippen LogP contribution >= 0.6 is 0 Å². The molecule has 0 aromatic carbocycles. The van der Waals surface area contributed by atoms with Gasteiger partial charge in [0.15, 0.2) is 0 Å². The molecule has 0 fully saturated rings. The van der Waals surface area contributed by atoms with Gasteiger partial charge in [-0.3, -0.25) is 4.79 Å². The van der Waals surface area contributed by atoms with E-state index in [0.717, 1.165) is 0 Å². The normalized spacial score (nSPS) is 9.11. The maximum Gasteiger partial charge on any atom is 0.222 e. The first-order valence-electron chi connectivity index (χ1n) is 2.86. The molecule has 0 saturated heterocycles. The molecule has 0 aliphatic carbocycles. The van der Waals surface area contributed by atoms with Gasteiger partial charge in [0.2, 0.25) is 5.91 Å². The molecule has 0 bridgehead atoms. The van der Waals surface area contributed by atoms with E-state index in [1.54, 1.807) is 7.11 Å². The van der Waals surface area contributed by atoms with Gasteiger partial charge in [-0.15, -0.1) is 0 Å². The van der Waals surface area contributed by atoms with Gasteiger partial charge >= 0.3 is 0 Å². The molecule has 0 unspecified atom stereocenters. The Balaban J connectivity index is 3.06. The monoisotopic (exact) mass is 130 g/mol. The largest absolute Gasteiger partial charge is 0.384 e. The number of ether oxygens (including phenoxy) is 1. The highest BCUT2D eigenvalue weighted by Gasteiger charge is 1.95. The summed E-state index contributed by atoms with van der Waals surface area (Å²) >= 11 is 0. The first-order valence-corrected chi connectivity index (χ1v) is 2.86. The Hall–Kier alpha value is -0.570. The standard InChI is InChI=1S/C6H12NO2/c1-3-7-6(8)4-5-9-2/h1,3-5H2,2H3,(H,7,8). The van der Waals surface area contributed by atoms with E-state index in [0.29, 0.717) is 19.6 Å². The van der Waals surface area contributed by atoms with Crippen LogP contribution in [0, 0.1) is 6.92 Å². The van der Waals surface area contributed by atoms with Crippen LogP contribution in [-0.2, 0) is 9.53 Å². The Labute approximate surface area is 55.4 Å². The number of hydrogen-bond donors (Lipinski definition) is 1. The summed E-state index contributed by atoms with van der Waals surface area (Å²) in [5, 5.41) is 2.55. The van der Waals surface area contributed by atoms with E-state index < -0.39 is 0 Å². The summed E-state index contributed by atoms with van der Waals surface area (Å²) in [5.41, 5.74) is 0. The maximum absolute atomic E-state index is 10.6. The molecule has 0 rings (SSSR count). The fourth-order valence-electron chi connectivity index (χ4n) is 0.423. The zero-order valence-electron chi connectivity index (χ0n) is 5.64. The van der Waals surface area contributed by atoms with E-state index in [-0.39, 0.29) is 5.91 Å². The van der Waals surface area contributed by atoms with Crippen LogP contribution in [0.4, 0.5) is 0 Å². The van der Waals surface area contributed by atoms with E-state index in [1.807, 2.05) is 0 Å². The molecule has 1 amide bonds. The molecule has 3 heteroatoms. The molecular formula is C6H12NO2. The molecule has 0 saturated carbocycles. The Morgan fingerprint density at radius 2 is 2.44 bits per heavy atom. The van der Waals surface area contributed by atoms with Gasteiger partial charge in [0.25, 0.3) is 0 Å². The van der Waals surface area contributed by atoms with Gasteiger partial charge in [0, 0.05) is 20.1 Å². The summed E-state index contributed by atoms with van der Waals surface area (Å²) in [6.07, 6.45) is 0.423. The molecule has 0 heterocycles. The van der Waals surface area contributed by atoms with Crippen LogP contribution in [0.1, 0.15) is 6.42 Å². The van der Waals surface area contributed by atoms with Gasteiger partial charge in [0.1, 0.15) is 0 Å². The third-order valence-electron chi connectivity index (χ3n) is 0.855. The van der Waals surface area contributed by atoms with Crippen molar-refractivity contribution in [3.05, 3.63) is 6.92 Å². The minimum absolute atomic E-state index is 0.00755. The van der Waals surface area contributed by atoms with Crippen LogP contribution in [0.5, 0.6) is 0 Å². The highest BCUT2D eigenvalue weighted by atomic mass is 16.5. The molecule has 0 atom stereocenters. The van der Waals surface area contributed by atoms with Crippen molar-refractivity contribution in [3.63, 3.8) is 0 Å². The highest BCUT2D eigenvalue weighted by Crippen LogP contribution is 1.78. The summed E-state index contributed by atoms with van der Waals surface area (Å²) in [4.78, 5) is 10.6. The fraction of sp³-hybridized carbons (Fsp3) is 0.667. The van der Waals surface area contributed by atoms with Gasteiger partial charge in [0.05, 0.1) is 6.61 Å². The minimum atomic E-state index is -0.00755. The van der Waals surface area contributed by atoms with Crippen molar-refractivity contribution in [1.82, 2.24) is 5.32 Å². The summed E-state index contributed by atoms with van der Waals surface area (Å²) in [7, 11) is 1.57. The number of carbonyl (C=O) groups is 1. The van der Waals surface area contributed by atoms with Crippen molar-refractivity contribution >= 4 is 5.91 Å². The lowest BCUT2D eigenvalue weighted by atomic mass is 10.4. The lowest BCUT2D eigenvalue weighted by molar-refractivity contribution is -0.121. The van der Waals surface area contributed by atoms with Crippen LogP contribution in [0.15, 0.2) is 0 Å². The average molecular weight is 130 g/mol. The van der Waals surface area contributed by atoms with Crippen LogP contribution < -0.4 is 5.32 Å². The van der Waals surface area contributed by atoms with Crippen LogP contribution in [0.25, 0.3) is 0 Å². The van der Waals surface area contributed by atoms with E-state index in [1.165, 1.54) is 0 Å². The number of amides is 1. The Kier molecular flexibility index (Phi) is 5.21. The minimum Gasteiger partial charge on any atom is -0.384 e. The average Bonchev–Trinajstić information content (AvgIpc) is 1.85. The molecule has 0 aromatic heterocycles. The lowest BCUT2D eigenvalue weighted by Crippen LogP contribution is -2.23. The van der Waals surface area contributed by atoms with Crippen LogP contribution in [0.2, 0.25) is 0 Å². The maximum atomic E-state index is 10.6. The molecule has 0 aliphatic heterocycles. The third-order valence-corrected chi connectivity index (χ3v) is 0.855. The number of nitrogens with one attached hydrogen (secondary N) is 1. The van der Waals surface area contributed by atoms with E-state index in [9.17, 15) is 4.79 Å². The van der Waals surface area contributed by atoms with E-state index >= 15 is 0 Å². The zero-order valence-corrected chi connectivity index (χ0v) is 5.64. The highest BCUT2D eigenvalue weighted by molar-refractivity contribution is 5.75. The smallest absolute Gasteiger partial charge is 0.222 e. The molecule has 53 valence electrons. The third kappa shape index (κ3) is 5.30. The quantitative estimate of drug-likeness (QED) is 0.580. The van der Waals surface area contributed by atoms with Gasteiger partial charge in [-0.05, 0) is 6.92 Å². The predicted octanol–water partition coefficient (Wildman–Crippen LogP) is -0.0268. The second kappa shape index (κ2) is 5.56. The lowest BCUT2D eigenvalue weighted by Gasteiger charge is -1.98. The number of rotatable bonds is 4. The summed E-state index contributed by atoms with van der Waals surface area (Å²) in [6, 6.07) is 0. The van der Waals surface area contributed by atoms with E-state index in [2.05, 4.69) is 17.0 Å². The molecule has 1 N–H and O–H groups in total. The van der Waals surface area contributed by atoms with Crippen molar-refractivity contribution in [2.24, 2.45) is 0 Å². The zero-order chi connectivity index (χ0) is 7.11. The summed E-state index contributed by atoms with van der Waals surface area (Å²) in [5.74, 6) is -0.00755. The fourth-order valence-corrected chi connectivity index (χ4v) is 0.423. The summed E-state index contributed by atoms with van der Waals surface area (Å²) in [6.45, 7) is 4.39. The second-order valence-electron chi connectivity index (χ2n) is 1.59. The molecule has 0 aromatic rings. The molecule has 1 radical (unpaired) electrons. The first-order chi connectivity index (χ1) is 4.31. The van der Waals surface area contributed by atoms with Gasteiger partial charge in [-0.1, -0.05) is 0 Å². The van der Waals surface area contributed by atoms with Crippen molar-refractivity contribution in [3.8, 4) is 0 Å². The Morgan fingerprint density at radius 3 is 2.89 bits per heavy atom. The van der Waals surface area contributed by atoms with E-state index in [4.69, 9.17) is 0 Å². The molecule has 9 heavy (non-hydrogen) atoms. The van der Waals surface area contributed by atoms with Crippen LogP contribution in [0.3, 0.4) is 0 Å².